The lowest BCUT2D eigenvalue weighted by atomic mass is 10.1. The highest BCUT2D eigenvalue weighted by molar-refractivity contribution is 7.80. The summed E-state index contributed by atoms with van der Waals surface area (Å²) >= 11 is 4.85. The number of anilines is 1. The van der Waals surface area contributed by atoms with Crippen molar-refractivity contribution in [3.8, 4) is 5.75 Å². The van der Waals surface area contributed by atoms with Gasteiger partial charge in [-0.25, -0.2) is 4.39 Å². The highest BCUT2D eigenvalue weighted by Gasteiger charge is 2.18. The Morgan fingerprint density at radius 3 is 2.43 bits per heavy atom. The van der Waals surface area contributed by atoms with Crippen molar-refractivity contribution in [3.05, 3.63) is 59.4 Å². The molecule has 108 valence electrons. The second kappa shape index (κ2) is 5.88. The van der Waals surface area contributed by atoms with E-state index in [1.54, 1.807) is 24.3 Å². The summed E-state index contributed by atoms with van der Waals surface area (Å²) in [6.45, 7) is 0. The van der Waals surface area contributed by atoms with E-state index < -0.39 is 11.7 Å². The van der Waals surface area contributed by atoms with Gasteiger partial charge in [-0.3, -0.25) is 4.79 Å². The molecule has 3 N–H and O–H groups in total. The van der Waals surface area contributed by atoms with Gasteiger partial charge in [0.25, 0.3) is 5.91 Å². The SMILES string of the molecule is CN(C(=O)c1cc(F)ccc1O)c1ccc(C(N)=S)cc1. The van der Waals surface area contributed by atoms with Crippen molar-refractivity contribution in [3.63, 3.8) is 0 Å². The van der Waals surface area contributed by atoms with Crippen molar-refractivity contribution >= 4 is 28.8 Å². The van der Waals surface area contributed by atoms with E-state index >= 15 is 0 Å². The summed E-state index contributed by atoms with van der Waals surface area (Å²) in [5.74, 6) is -1.38. The first-order valence-corrected chi connectivity index (χ1v) is 6.47. The predicted molar refractivity (Wildman–Crippen MR) is 83.1 cm³/mol. The van der Waals surface area contributed by atoms with Crippen molar-refractivity contribution in [1.82, 2.24) is 0 Å². The number of amides is 1. The maximum absolute atomic E-state index is 13.2. The molecule has 21 heavy (non-hydrogen) atoms. The number of carbonyl (C=O) groups excluding carboxylic acids is 1. The molecule has 0 aromatic heterocycles. The zero-order valence-electron chi connectivity index (χ0n) is 11.2. The van der Waals surface area contributed by atoms with Crippen molar-refractivity contribution in [2.45, 2.75) is 0 Å². The molecule has 0 saturated carbocycles. The van der Waals surface area contributed by atoms with E-state index in [0.29, 0.717) is 11.3 Å². The first-order valence-electron chi connectivity index (χ1n) is 6.06. The number of nitrogens with two attached hydrogens (primary N) is 1. The largest absolute Gasteiger partial charge is 0.507 e. The Balaban J connectivity index is 2.30. The lowest BCUT2D eigenvalue weighted by molar-refractivity contribution is 0.0990. The fourth-order valence-corrected chi connectivity index (χ4v) is 1.96. The quantitative estimate of drug-likeness (QED) is 0.855. The summed E-state index contributed by atoms with van der Waals surface area (Å²) in [5, 5.41) is 9.67. The fraction of sp³-hybridized carbons (Fsp3) is 0.0667. The van der Waals surface area contributed by atoms with Gasteiger partial charge in [-0.05, 0) is 42.5 Å². The van der Waals surface area contributed by atoms with Gasteiger partial charge in [0.2, 0.25) is 0 Å². The standard InChI is InChI=1S/C15H13FN2O2S/c1-18(11-5-2-9(3-6-11)14(17)21)15(20)12-8-10(16)4-7-13(12)19/h2-8,19H,1H3,(H2,17,21). The van der Waals surface area contributed by atoms with Crippen LogP contribution < -0.4 is 10.6 Å². The first-order chi connectivity index (χ1) is 9.90. The fourth-order valence-electron chi connectivity index (χ4n) is 1.83. The number of phenolic OH excluding ortho intramolecular Hbond substituents is 1. The van der Waals surface area contributed by atoms with E-state index in [0.717, 1.165) is 18.2 Å². The molecule has 0 heterocycles. The Kier molecular flexibility index (Phi) is 4.18. The maximum atomic E-state index is 13.2. The molecule has 0 radical (unpaired) electrons. The number of thiocarbonyl (C=S) groups is 1. The third-order valence-corrected chi connectivity index (χ3v) is 3.27. The third-order valence-electron chi connectivity index (χ3n) is 3.03. The van der Waals surface area contributed by atoms with Crippen LogP contribution in [0.25, 0.3) is 0 Å². The lowest BCUT2D eigenvalue weighted by Crippen LogP contribution is -2.26. The number of aromatic hydroxyl groups is 1. The first kappa shape index (κ1) is 14.9. The molecule has 2 rings (SSSR count). The van der Waals surface area contributed by atoms with Gasteiger partial charge in [0.1, 0.15) is 16.6 Å². The monoisotopic (exact) mass is 304 g/mol. The van der Waals surface area contributed by atoms with Crippen LogP contribution in [0.1, 0.15) is 15.9 Å². The van der Waals surface area contributed by atoms with E-state index in [2.05, 4.69) is 0 Å². The highest BCUT2D eigenvalue weighted by atomic mass is 32.1. The van der Waals surface area contributed by atoms with Crippen LogP contribution in [0, 0.1) is 5.82 Å². The number of halogens is 1. The summed E-state index contributed by atoms with van der Waals surface area (Å²) in [6.07, 6.45) is 0. The Hall–Kier alpha value is -2.47. The predicted octanol–water partition coefficient (Wildman–Crippen LogP) is 2.44. The van der Waals surface area contributed by atoms with Gasteiger partial charge in [0.15, 0.2) is 0 Å². The van der Waals surface area contributed by atoms with Crippen LogP contribution in [-0.2, 0) is 0 Å². The van der Waals surface area contributed by atoms with Gasteiger partial charge in [0, 0.05) is 18.3 Å². The Morgan fingerprint density at radius 2 is 1.86 bits per heavy atom. The van der Waals surface area contributed by atoms with Crippen LogP contribution in [0.15, 0.2) is 42.5 Å². The number of hydrogen-bond acceptors (Lipinski definition) is 3. The molecule has 0 unspecified atom stereocenters. The van der Waals surface area contributed by atoms with Crippen molar-refractivity contribution in [1.29, 1.82) is 0 Å². The molecule has 0 aliphatic heterocycles. The Bertz CT molecular complexity index is 701. The molecule has 4 nitrogen and oxygen atoms in total. The molecular formula is C15H13FN2O2S. The van der Waals surface area contributed by atoms with Gasteiger partial charge in [-0.1, -0.05) is 12.2 Å². The minimum Gasteiger partial charge on any atom is -0.507 e. The van der Waals surface area contributed by atoms with Crippen LogP contribution in [0.4, 0.5) is 10.1 Å². The summed E-state index contributed by atoms with van der Waals surface area (Å²) < 4.78 is 13.2. The van der Waals surface area contributed by atoms with E-state index in [1.165, 1.54) is 11.9 Å². The number of hydrogen-bond donors (Lipinski definition) is 2. The minimum atomic E-state index is -0.589. The van der Waals surface area contributed by atoms with Crippen molar-refractivity contribution in [2.75, 3.05) is 11.9 Å². The number of nitrogens with zero attached hydrogens (tertiary/aromatic N) is 1. The molecule has 2 aromatic carbocycles. The number of rotatable bonds is 3. The summed E-state index contributed by atoms with van der Waals surface area (Å²) in [5.41, 5.74) is 6.66. The normalized spacial score (nSPS) is 10.2. The summed E-state index contributed by atoms with van der Waals surface area (Å²) in [6, 6.07) is 9.94. The molecular weight excluding hydrogens is 291 g/mol. The highest BCUT2D eigenvalue weighted by Crippen LogP contribution is 2.22. The average Bonchev–Trinajstić information content (AvgIpc) is 2.48. The summed E-state index contributed by atoms with van der Waals surface area (Å²) in [4.78, 5) is 13.9. The topological polar surface area (TPSA) is 66.6 Å². The Morgan fingerprint density at radius 1 is 1.24 bits per heavy atom. The van der Waals surface area contributed by atoms with E-state index in [4.69, 9.17) is 18.0 Å². The second-order valence-electron chi connectivity index (χ2n) is 4.44. The van der Waals surface area contributed by atoms with E-state index in [1.807, 2.05) is 0 Å². The summed E-state index contributed by atoms with van der Waals surface area (Å²) in [7, 11) is 1.53. The number of carbonyl (C=O) groups is 1. The zero-order valence-corrected chi connectivity index (χ0v) is 12.0. The number of phenols is 1. The second-order valence-corrected chi connectivity index (χ2v) is 4.88. The van der Waals surface area contributed by atoms with Crippen LogP contribution in [0.2, 0.25) is 0 Å². The minimum absolute atomic E-state index is 0.101. The van der Waals surface area contributed by atoms with E-state index in [-0.39, 0.29) is 16.3 Å². The molecule has 0 saturated heterocycles. The van der Waals surface area contributed by atoms with Gasteiger partial charge in [0.05, 0.1) is 5.56 Å². The molecule has 0 atom stereocenters. The van der Waals surface area contributed by atoms with Crippen molar-refractivity contribution in [2.24, 2.45) is 5.73 Å². The molecule has 1 amide bonds. The van der Waals surface area contributed by atoms with Crippen LogP contribution >= 0.6 is 12.2 Å². The zero-order chi connectivity index (χ0) is 15.6. The average molecular weight is 304 g/mol. The van der Waals surface area contributed by atoms with Crippen LogP contribution in [-0.4, -0.2) is 23.0 Å². The number of benzene rings is 2. The third kappa shape index (κ3) is 3.17. The van der Waals surface area contributed by atoms with Gasteiger partial charge in [-0.15, -0.1) is 0 Å². The lowest BCUT2D eigenvalue weighted by Gasteiger charge is -2.18. The van der Waals surface area contributed by atoms with Gasteiger partial charge in [-0.2, -0.15) is 0 Å². The molecule has 0 aliphatic rings. The maximum Gasteiger partial charge on any atom is 0.261 e. The van der Waals surface area contributed by atoms with Crippen molar-refractivity contribution < 1.29 is 14.3 Å². The molecule has 0 aliphatic carbocycles. The van der Waals surface area contributed by atoms with Gasteiger partial charge < -0.3 is 15.7 Å². The van der Waals surface area contributed by atoms with Crippen LogP contribution in [0.5, 0.6) is 5.75 Å². The van der Waals surface area contributed by atoms with E-state index in [9.17, 15) is 14.3 Å². The molecule has 0 bridgehead atoms. The molecule has 0 spiro atoms. The molecule has 6 heteroatoms. The van der Waals surface area contributed by atoms with Gasteiger partial charge >= 0.3 is 0 Å². The molecule has 0 fully saturated rings. The molecule has 2 aromatic rings. The Labute approximate surface area is 126 Å². The smallest absolute Gasteiger partial charge is 0.261 e. The van der Waals surface area contributed by atoms with Crippen LogP contribution in [0.3, 0.4) is 0 Å².